The normalized spacial score (nSPS) is 25.7. The Bertz CT molecular complexity index is 716. The van der Waals surface area contributed by atoms with E-state index >= 15 is 0 Å². The quantitative estimate of drug-likeness (QED) is 0.830. The van der Waals surface area contributed by atoms with Gasteiger partial charge in [0, 0.05) is 30.3 Å². The van der Waals surface area contributed by atoms with E-state index in [1.54, 1.807) is 6.07 Å². The third-order valence-corrected chi connectivity index (χ3v) is 4.60. The molecule has 2 unspecified atom stereocenters. The van der Waals surface area contributed by atoms with Crippen LogP contribution in [0.25, 0.3) is 6.08 Å². The first kappa shape index (κ1) is 12.4. The Morgan fingerprint density at radius 2 is 2.33 bits per heavy atom. The van der Waals surface area contributed by atoms with Gasteiger partial charge in [-0.25, -0.2) is 4.79 Å². The van der Waals surface area contributed by atoms with Gasteiger partial charge >= 0.3 is 5.97 Å². The van der Waals surface area contributed by atoms with Crippen LogP contribution in [0.3, 0.4) is 0 Å². The highest BCUT2D eigenvalue weighted by Gasteiger charge is 2.33. The summed E-state index contributed by atoms with van der Waals surface area (Å²) in [5.74, 6) is -0.0764. The number of carboxylic acids is 1. The molecule has 0 radical (unpaired) electrons. The number of hydrogen-bond donors (Lipinski definition) is 2. The minimum atomic E-state index is -0.929. The third-order valence-electron chi connectivity index (χ3n) is 4.60. The van der Waals surface area contributed by atoms with Crippen molar-refractivity contribution in [1.82, 2.24) is 10.3 Å². The van der Waals surface area contributed by atoms with Crippen LogP contribution in [0.1, 0.15) is 40.4 Å². The predicted octanol–water partition coefficient (Wildman–Crippen LogP) is 2.71. The highest BCUT2D eigenvalue weighted by molar-refractivity contribution is 5.88. The minimum Gasteiger partial charge on any atom is -0.478 e. The molecule has 4 heteroatoms. The van der Waals surface area contributed by atoms with Crippen LogP contribution in [0, 0.1) is 5.92 Å². The fourth-order valence-corrected chi connectivity index (χ4v) is 3.54. The lowest BCUT2D eigenvalue weighted by Crippen LogP contribution is -2.19. The number of hydrogen-bond acceptors (Lipinski definition) is 3. The first-order chi connectivity index (χ1) is 10.2. The monoisotopic (exact) mass is 280 g/mol. The van der Waals surface area contributed by atoms with Gasteiger partial charge in [-0.15, -0.1) is 0 Å². The zero-order valence-corrected chi connectivity index (χ0v) is 11.5. The zero-order chi connectivity index (χ0) is 14.4. The number of carboxylic acid groups (broad SMARTS) is 1. The Balaban J connectivity index is 1.80. The Kier molecular flexibility index (Phi) is 2.70. The van der Waals surface area contributed by atoms with E-state index in [0.717, 1.165) is 24.2 Å². The summed E-state index contributed by atoms with van der Waals surface area (Å²) in [6, 6.07) is 1.73. The van der Waals surface area contributed by atoms with Gasteiger partial charge in [0.2, 0.25) is 0 Å². The Labute approximate surface area is 122 Å². The molecule has 2 atom stereocenters. The van der Waals surface area contributed by atoms with Crippen LogP contribution in [0.2, 0.25) is 0 Å². The van der Waals surface area contributed by atoms with Crippen molar-refractivity contribution >= 4 is 12.0 Å². The van der Waals surface area contributed by atoms with Crippen molar-refractivity contribution in [2.75, 3.05) is 6.54 Å². The van der Waals surface area contributed by atoms with Gasteiger partial charge in [-0.3, -0.25) is 4.98 Å². The number of aromatic nitrogens is 1. The fourth-order valence-electron chi connectivity index (χ4n) is 3.54. The molecule has 1 fully saturated rings. The second-order valence-corrected chi connectivity index (χ2v) is 5.83. The molecule has 1 aliphatic heterocycles. The van der Waals surface area contributed by atoms with Crippen LogP contribution in [0.5, 0.6) is 0 Å². The molecule has 21 heavy (non-hydrogen) atoms. The molecular formula is C17H16N2O2. The van der Waals surface area contributed by atoms with Gasteiger partial charge in [0.05, 0.1) is 11.3 Å². The molecule has 1 aromatic heterocycles. The van der Waals surface area contributed by atoms with E-state index in [2.05, 4.69) is 22.5 Å². The predicted molar refractivity (Wildman–Crippen MR) is 79.9 cm³/mol. The molecule has 0 spiro atoms. The lowest BCUT2D eigenvalue weighted by Gasteiger charge is -2.27. The smallest absolute Gasteiger partial charge is 0.337 e. The standard InChI is InChI=1S/C17H16N2O2/c20-17(21)13-6-12-3-1-2-10-8-15-11(4-5-18-15)7-14(10)16(12)19-9-13/h1-3,6,8-9,11,14,18H,4-5,7H2,(H,20,21). The van der Waals surface area contributed by atoms with E-state index in [1.165, 1.54) is 23.9 Å². The van der Waals surface area contributed by atoms with Gasteiger partial charge < -0.3 is 10.4 Å². The SMILES string of the molecule is O=C(O)c1cnc2c(c1)C=CC=C1C=C3NCCC3CC12. The average Bonchev–Trinajstić information content (AvgIpc) is 2.85. The topological polar surface area (TPSA) is 62.2 Å². The lowest BCUT2D eigenvalue weighted by molar-refractivity contribution is 0.0696. The first-order valence-electron chi connectivity index (χ1n) is 7.29. The van der Waals surface area contributed by atoms with E-state index in [1.807, 2.05) is 12.2 Å². The molecule has 3 aliphatic rings. The summed E-state index contributed by atoms with van der Waals surface area (Å²) in [6.07, 6.45) is 12.0. The molecule has 4 nitrogen and oxygen atoms in total. The molecule has 0 amide bonds. The highest BCUT2D eigenvalue weighted by atomic mass is 16.4. The summed E-state index contributed by atoms with van der Waals surface area (Å²) in [5.41, 5.74) is 4.78. The first-order valence-corrected chi connectivity index (χ1v) is 7.29. The van der Waals surface area contributed by atoms with Gasteiger partial charge in [0.1, 0.15) is 0 Å². The van der Waals surface area contributed by atoms with Gasteiger partial charge in [0.25, 0.3) is 0 Å². The summed E-state index contributed by atoms with van der Waals surface area (Å²) < 4.78 is 0. The van der Waals surface area contributed by atoms with E-state index in [-0.39, 0.29) is 11.5 Å². The molecule has 2 heterocycles. The van der Waals surface area contributed by atoms with Crippen molar-refractivity contribution < 1.29 is 9.90 Å². The summed E-state index contributed by atoms with van der Waals surface area (Å²) in [6.45, 7) is 1.05. The minimum absolute atomic E-state index is 0.247. The number of fused-ring (bicyclic) bond motifs is 4. The molecule has 2 aliphatic carbocycles. The number of allylic oxidation sites excluding steroid dienone is 5. The van der Waals surface area contributed by atoms with Crippen molar-refractivity contribution in [2.45, 2.75) is 18.8 Å². The van der Waals surface area contributed by atoms with E-state index < -0.39 is 5.97 Å². The second kappa shape index (κ2) is 4.58. The van der Waals surface area contributed by atoms with Crippen LogP contribution in [0.4, 0.5) is 0 Å². The maximum atomic E-state index is 11.1. The molecule has 106 valence electrons. The van der Waals surface area contributed by atoms with Crippen molar-refractivity contribution in [2.24, 2.45) is 5.92 Å². The van der Waals surface area contributed by atoms with Crippen LogP contribution >= 0.6 is 0 Å². The number of nitrogens with one attached hydrogen (secondary N) is 1. The lowest BCUT2D eigenvalue weighted by atomic mass is 9.78. The second-order valence-electron chi connectivity index (χ2n) is 5.83. The van der Waals surface area contributed by atoms with E-state index in [0.29, 0.717) is 5.92 Å². The molecule has 0 saturated carbocycles. The largest absolute Gasteiger partial charge is 0.478 e. The molecule has 4 rings (SSSR count). The number of rotatable bonds is 1. The van der Waals surface area contributed by atoms with Crippen molar-refractivity contribution in [1.29, 1.82) is 0 Å². The zero-order valence-electron chi connectivity index (χ0n) is 11.5. The summed E-state index contributed by atoms with van der Waals surface area (Å²) >= 11 is 0. The van der Waals surface area contributed by atoms with Crippen LogP contribution in [-0.2, 0) is 0 Å². The summed E-state index contributed by atoms with van der Waals surface area (Å²) in [4.78, 5) is 15.6. The van der Waals surface area contributed by atoms with E-state index in [4.69, 9.17) is 5.11 Å². The Morgan fingerprint density at radius 3 is 3.19 bits per heavy atom. The molecule has 1 saturated heterocycles. The molecule has 2 N–H and O–H groups in total. The summed E-state index contributed by atoms with van der Waals surface area (Å²) in [7, 11) is 0. The van der Waals surface area contributed by atoms with Crippen LogP contribution in [-0.4, -0.2) is 22.6 Å². The maximum Gasteiger partial charge on any atom is 0.337 e. The maximum absolute atomic E-state index is 11.1. The van der Waals surface area contributed by atoms with Gasteiger partial charge in [0.15, 0.2) is 0 Å². The number of nitrogens with zero attached hydrogens (tertiary/aromatic N) is 1. The molecule has 1 aromatic rings. The molecular weight excluding hydrogens is 264 g/mol. The highest BCUT2D eigenvalue weighted by Crippen LogP contribution is 2.43. The van der Waals surface area contributed by atoms with Gasteiger partial charge in [-0.05, 0) is 36.1 Å². The number of aromatic carboxylic acids is 1. The Morgan fingerprint density at radius 1 is 1.43 bits per heavy atom. The van der Waals surface area contributed by atoms with E-state index in [9.17, 15) is 4.79 Å². The third kappa shape index (κ3) is 1.98. The fraction of sp³-hybridized carbons (Fsp3) is 0.294. The van der Waals surface area contributed by atoms with Crippen molar-refractivity contribution in [3.8, 4) is 0 Å². The van der Waals surface area contributed by atoms with Gasteiger partial charge in [-0.1, -0.05) is 18.2 Å². The van der Waals surface area contributed by atoms with Crippen molar-refractivity contribution in [3.63, 3.8) is 0 Å². The van der Waals surface area contributed by atoms with Crippen molar-refractivity contribution in [3.05, 3.63) is 58.6 Å². The Hall–Kier alpha value is -2.36. The number of pyridine rings is 1. The average molecular weight is 280 g/mol. The number of carbonyl (C=O) groups is 1. The molecule has 0 aromatic carbocycles. The van der Waals surface area contributed by atoms with Crippen LogP contribution < -0.4 is 5.32 Å². The summed E-state index contributed by atoms with van der Waals surface area (Å²) in [5, 5.41) is 12.6. The van der Waals surface area contributed by atoms with Gasteiger partial charge in [-0.2, -0.15) is 0 Å². The molecule has 0 bridgehead atoms. The van der Waals surface area contributed by atoms with Crippen LogP contribution in [0.15, 0.2) is 41.8 Å².